The fraction of sp³-hybridized carbons (Fsp3) is 0.217. The van der Waals surface area contributed by atoms with Crippen molar-refractivity contribution in [3.05, 3.63) is 65.0 Å². The Hall–Kier alpha value is -4.63. The second-order valence-electron chi connectivity index (χ2n) is 7.45. The number of anilines is 1. The van der Waals surface area contributed by atoms with Gasteiger partial charge in [-0.1, -0.05) is 0 Å². The summed E-state index contributed by atoms with van der Waals surface area (Å²) in [6.07, 6.45) is -8.80. The van der Waals surface area contributed by atoms with Crippen LogP contribution in [-0.2, 0) is 10.9 Å². The summed E-state index contributed by atoms with van der Waals surface area (Å²) in [6, 6.07) is 3.46. The van der Waals surface area contributed by atoms with Crippen molar-refractivity contribution in [2.75, 3.05) is 19.5 Å². The molecule has 0 aliphatic heterocycles. The number of nitrogens with zero attached hydrogens (tertiary/aromatic N) is 2. The SMILES string of the molecule is COC(=O)c1cc(NC(=O)c2c(Oc3ccc(OC(F)(F)F)cc3OC)cnc(C(F)(F)F)c2F)c(C)cn1. The van der Waals surface area contributed by atoms with Gasteiger partial charge in [0.2, 0.25) is 0 Å². The van der Waals surface area contributed by atoms with Crippen LogP contribution >= 0.6 is 0 Å². The van der Waals surface area contributed by atoms with Gasteiger partial charge in [0.1, 0.15) is 17.0 Å². The van der Waals surface area contributed by atoms with Gasteiger partial charge in [-0.3, -0.25) is 4.79 Å². The molecule has 0 unspecified atom stereocenters. The van der Waals surface area contributed by atoms with Crippen molar-refractivity contribution in [1.29, 1.82) is 0 Å². The van der Waals surface area contributed by atoms with Crippen LogP contribution in [0.1, 0.15) is 32.1 Å². The number of ether oxygens (including phenoxy) is 4. The maximum atomic E-state index is 15.1. The Morgan fingerprint density at radius 3 is 2.21 bits per heavy atom. The van der Waals surface area contributed by atoms with Gasteiger partial charge in [-0.2, -0.15) is 13.2 Å². The molecule has 0 fully saturated rings. The zero-order chi connectivity index (χ0) is 29.1. The maximum Gasteiger partial charge on any atom is 0.573 e. The van der Waals surface area contributed by atoms with Crippen LogP contribution in [0.15, 0.2) is 36.7 Å². The topological polar surface area (TPSA) is 109 Å². The van der Waals surface area contributed by atoms with Gasteiger partial charge in [0.05, 0.1) is 20.4 Å². The van der Waals surface area contributed by atoms with Gasteiger partial charge in [-0.05, 0) is 30.7 Å². The number of esters is 1. The predicted molar refractivity (Wildman–Crippen MR) is 117 cm³/mol. The summed E-state index contributed by atoms with van der Waals surface area (Å²) in [5.74, 6) is -6.85. The van der Waals surface area contributed by atoms with E-state index in [0.29, 0.717) is 6.20 Å². The number of methoxy groups -OCH3 is 2. The number of alkyl halides is 6. The third-order valence-corrected chi connectivity index (χ3v) is 4.81. The summed E-state index contributed by atoms with van der Waals surface area (Å²) >= 11 is 0. The van der Waals surface area contributed by atoms with Crippen molar-refractivity contribution in [1.82, 2.24) is 9.97 Å². The molecule has 39 heavy (non-hydrogen) atoms. The van der Waals surface area contributed by atoms with Gasteiger partial charge in [-0.25, -0.2) is 19.2 Å². The molecule has 1 aromatic carbocycles. The van der Waals surface area contributed by atoms with Crippen LogP contribution in [0.2, 0.25) is 0 Å². The van der Waals surface area contributed by atoms with E-state index in [1.54, 1.807) is 0 Å². The first-order chi connectivity index (χ1) is 18.1. The second-order valence-corrected chi connectivity index (χ2v) is 7.45. The maximum absolute atomic E-state index is 15.1. The van der Waals surface area contributed by atoms with Gasteiger partial charge >= 0.3 is 18.5 Å². The molecule has 0 aliphatic carbocycles. The van der Waals surface area contributed by atoms with Gasteiger partial charge in [-0.15, -0.1) is 13.2 Å². The van der Waals surface area contributed by atoms with Gasteiger partial charge < -0.3 is 24.3 Å². The molecule has 2 aromatic heterocycles. The number of halogens is 7. The largest absolute Gasteiger partial charge is 0.573 e. The van der Waals surface area contributed by atoms with Crippen LogP contribution in [0.25, 0.3) is 0 Å². The molecule has 0 bridgehead atoms. The van der Waals surface area contributed by atoms with E-state index in [0.717, 1.165) is 44.7 Å². The molecule has 2 heterocycles. The minimum atomic E-state index is -5.31. The molecule has 0 radical (unpaired) electrons. The Morgan fingerprint density at radius 2 is 1.62 bits per heavy atom. The molecule has 1 amide bonds. The monoisotopic (exact) mass is 563 g/mol. The molecule has 0 atom stereocenters. The van der Waals surface area contributed by atoms with Crippen LogP contribution < -0.4 is 19.5 Å². The van der Waals surface area contributed by atoms with Crippen LogP contribution in [0, 0.1) is 12.7 Å². The third-order valence-electron chi connectivity index (χ3n) is 4.81. The summed E-state index contributed by atoms with van der Waals surface area (Å²) < 4.78 is 111. The van der Waals surface area contributed by atoms with Crippen LogP contribution in [-0.4, -0.2) is 42.4 Å². The Morgan fingerprint density at radius 1 is 0.923 bits per heavy atom. The number of aryl methyl sites for hydroxylation is 1. The van der Waals surface area contributed by atoms with E-state index in [1.165, 1.54) is 6.92 Å². The van der Waals surface area contributed by atoms with E-state index >= 15 is 4.39 Å². The minimum Gasteiger partial charge on any atom is -0.493 e. The third kappa shape index (κ3) is 6.82. The highest BCUT2D eigenvalue weighted by Gasteiger charge is 2.39. The number of aromatic nitrogens is 2. The van der Waals surface area contributed by atoms with Crippen molar-refractivity contribution in [2.45, 2.75) is 19.5 Å². The lowest BCUT2D eigenvalue weighted by Crippen LogP contribution is -2.21. The summed E-state index contributed by atoms with van der Waals surface area (Å²) in [5.41, 5.74) is -3.45. The Balaban J connectivity index is 2.08. The number of hydrogen-bond donors (Lipinski definition) is 1. The van der Waals surface area contributed by atoms with Gasteiger partial charge in [0.25, 0.3) is 5.91 Å². The minimum absolute atomic E-state index is 0.127. The van der Waals surface area contributed by atoms with Gasteiger partial charge in [0, 0.05) is 18.0 Å². The lowest BCUT2D eigenvalue weighted by atomic mass is 10.1. The van der Waals surface area contributed by atoms with Crippen molar-refractivity contribution in [3.8, 4) is 23.0 Å². The van der Waals surface area contributed by atoms with Gasteiger partial charge in [0.15, 0.2) is 28.8 Å². The zero-order valence-electron chi connectivity index (χ0n) is 20.0. The molecule has 16 heteroatoms. The average Bonchev–Trinajstić information content (AvgIpc) is 2.84. The lowest BCUT2D eigenvalue weighted by Gasteiger charge is -2.17. The number of carbonyl (C=O) groups is 2. The van der Waals surface area contributed by atoms with E-state index in [-0.39, 0.29) is 16.9 Å². The molecule has 0 saturated carbocycles. The first-order valence-electron chi connectivity index (χ1n) is 10.4. The second kappa shape index (κ2) is 11.0. The van der Waals surface area contributed by atoms with Crippen LogP contribution in [0.5, 0.6) is 23.0 Å². The summed E-state index contributed by atoms with van der Waals surface area (Å²) in [7, 11) is 2.09. The van der Waals surface area contributed by atoms with E-state index < -0.39 is 64.5 Å². The summed E-state index contributed by atoms with van der Waals surface area (Å²) in [6.45, 7) is 1.43. The molecule has 3 aromatic rings. The normalized spacial score (nSPS) is 11.5. The highest BCUT2D eigenvalue weighted by molar-refractivity contribution is 6.07. The molecule has 9 nitrogen and oxygen atoms in total. The van der Waals surface area contributed by atoms with Crippen LogP contribution in [0.3, 0.4) is 0 Å². The predicted octanol–water partition coefficient (Wildman–Crippen LogP) is 5.68. The summed E-state index contributed by atoms with van der Waals surface area (Å²) in [5, 5.41) is 2.18. The number of pyridine rings is 2. The van der Waals surface area contributed by atoms with Crippen LogP contribution in [0.4, 0.5) is 36.4 Å². The molecule has 3 rings (SSSR count). The number of carbonyl (C=O) groups excluding carboxylic acids is 2. The Labute approximate surface area is 214 Å². The van der Waals surface area contributed by atoms with E-state index in [1.807, 2.05) is 0 Å². The molecule has 0 aliphatic rings. The fourth-order valence-electron chi connectivity index (χ4n) is 3.06. The molecule has 0 saturated heterocycles. The van der Waals surface area contributed by atoms with E-state index in [4.69, 9.17) is 9.47 Å². The first kappa shape index (κ1) is 28.9. The number of amides is 1. The van der Waals surface area contributed by atoms with Crippen molar-refractivity contribution >= 4 is 17.6 Å². The molecule has 0 spiro atoms. The fourth-order valence-corrected chi connectivity index (χ4v) is 3.06. The zero-order valence-corrected chi connectivity index (χ0v) is 20.0. The average molecular weight is 563 g/mol. The molecular weight excluding hydrogens is 547 g/mol. The lowest BCUT2D eigenvalue weighted by molar-refractivity contribution is -0.274. The highest BCUT2D eigenvalue weighted by Crippen LogP contribution is 2.40. The number of nitrogens with one attached hydrogen (secondary N) is 1. The number of benzene rings is 1. The summed E-state index contributed by atoms with van der Waals surface area (Å²) in [4.78, 5) is 31.6. The van der Waals surface area contributed by atoms with Crippen molar-refractivity contribution in [3.63, 3.8) is 0 Å². The first-order valence-corrected chi connectivity index (χ1v) is 10.4. The smallest absolute Gasteiger partial charge is 0.493 e. The number of rotatable bonds is 7. The molecule has 1 N–H and O–H groups in total. The highest BCUT2D eigenvalue weighted by atomic mass is 19.4. The molecular formula is C23H16F7N3O6. The quantitative estimate of drug-likeness (QED) is 0.289. The van der Waals surface area contributed by atoms with Crippen molar-refractivity contribution < 1.29 is 59.3 Å². The Bertz CT molecular complexity index is 1410. The Kier molecular flexibility index (Phi) is 8.16. The standard InChI is InChI=1S/C23H16F7N3O6/c1-10-8-31-13(21(35)37-3)7-12(10)33-20(34)17-16(9-32-19(18(17)24)22(25,26)27)38-14-5-4-11(6-15(14)36-2)39-23(28,29)30/h4-9H,1-3H3,(H,31,33,34). The van der Waals surface area contributed by atoms with Crippen molar-refractivity contribution in [2.24, 2.45) is 0 Å². The molecule has 208 valence electrons. The van der Waals surface area contributed by atoms with E-state index in [9.17, 15) is 35.9 Å². The van der Waals surface area contributed by atoms with E-state index in [2.05, 4.69) is 24.8 Å². The number of hydrogen-bond acceptors (Lipinski definition) is 8.